The molecule has 3 rings (SSSR count). The molecule has 1 aromatic carbocycles. The van der Waals surface area contributed by atoms with Gasteiger partial charge in [-0.05, 0) is 6.92 Å². The van der Waals surface area contributed by atoms with E-state index < -0.39 is 61.2 Å². The summed E-state index contributed by atoms with van der Waals surface area (Å²) < 4.78 is 16.4. The molecule has 7 N–H and O–H groups in total. The number of phenolic OH excluding ortho intramolecular Hbond substituents is 1. The second-order valence-electron chi connectivity index (χ2n) is 7.69. The Morgan fingerprint density at radius 2 is 1.88 bits per heavy atom. The molecule has 1 saturated heterocycles. The average Bonchev–Trinajstić information content (AvgIpc) is 2.75. The summed E-state index contributed by atoms with van der Waals surface area (Å²) in [7, 11) is 0. The molecule has 6 atom stereocenters. The van der Waals surface area contributed by atoms with Gasteiger partial charge in [0, 0.05) is 24.1 Å². The third-order valence-electron chi connectivity index (χ3n) is 5.32. The molecule has 0 bridgehead atoms. The predicted molar refractivity (Wildman–Crippen MR) is 109 cm³/mol. The molecular weight excluding hydrogens is 428 g/mol. The molecular formula is C21H26O11. The summed E-state index contributed by atoms with van der Waals surface area (Å²) in [5.74, 6) is -0.797. The molecule has 11 heteroatoms. The number of benzene rings is 1. The van der Waals surface area contributed by atoms with Crippen LogP contribution in [-0.4, -0.2) is 79.2 Å². The number of hydrogen-bond donors (Lipinski definition) is 7. The van der Waals surface area contributed by atoms with E-state index in [1.807, 2.05) is 0 Å². The van der Waals surface area contributed by atoms with Gasteiger partial charge in [-0.2, -0.15) is 0 Å². The van der Waals surface area contributed by atoms with Gasteiger partial charge in [0.15, 0.2) is 5.43 Å². The van der Waals surface area contributed by atoms with E-state index in [0.29, 0.717) is 5.57 Å². The van der Waals surface area contributed by atoms with Crippen molar-refractivity contribution in [1.29, 1.82) is 0 Å². The molecule has 0 radical (unpaired) electrons. The second-order valence-corrected chi connectivity index (χ2v) is 7.69. The van der Waals surface area contributed by atoms with Crippen molar-refractivity contribution in [2.24, 2.45) is 0 Å². The van der Waals surface area contributed by atoms with E-state index in [1.54, 1.807) is 6.92 Å². The summed E-state index contributed by atoms with van der Waals surface area (Å²) >= 11 is 0. The van der Waals surface area contributed by atoms with Crippen molar-refractivity contribution in [3.8, 4) is 11.5 Å². The number of aliphatic hydroxyl groups is 6. The second kappa shape index (κ2) is 9.55. The standard InChI is InChI=1S/C21H26O11/c1-8(2)11(24)4-10-13(31-21-20(29)19(28)18(27)15(7-23)32-21)5-14-16(17(10)26)12(25)3-9(6-22)30-14/h3,5,11,15,18-24,26-29H,1,4,6-7H2,2H3/t11-,15-,18-,19+,20-,21-/m1/s1. The van der Waals surface area contributed by atoms with Crippen LogP contribution in [0.5, 0.6) is 11.5 Å². The lowest BCUT2D eigenvalue weighted by Crippen LogP contribution is -2.60. The highest BCUT2D eigenvalue weighted by Gasteiger charge is 2.45. The first kappa shape index (κ1) is 24.1. The number of ether oxygens (including phenoxy) is 2. The zero-order valence-electron chi connectivity index (χ0n) is 17.2. The van der Waals surface area contributed by atoms with Crippen molar-refractivity contribution in [2.45, 2.75) is 56.8 Å². The molecule has 0 aliphatic carbocycles. The van der Waals surface area contributed by atoms with E-state index in [-0.39, 0.29) is 34.5 Å². The van der Waals surface area contributed by atoms with Crippen LogP contribution in [0.1, 0.15) is 18.2 Å². The van der Waals surface area contributed by atoms with Crippen LogP contribution >= 0.6 is 0 Å². The zero-order valence-corrected chi connectivity index (χ0v) is 17.2. The maximum atomic E-state index is 12.5. The summed E-state index contributed by atoms with van der Waals surface area (Å²) in [5.41, 5.74) is -0.453. The van der Waals surface area contributed by atoms with Crippen LogP contribution in [0.2, 0.25) is 0 Å². The number of phenols is 1. The summed E-state index contributed by atoms with van der Waals surface area (Å²) in [4.78, 5) is 12.5. The van der Waals surface area contributed by atoms with Gasteiger partial charge in [0.05, 0.1) is 12.7 Å². The van der Waals surface area contributed by atoms with Crippen LogP contribution in [0.15, 0.2) is 33.5 Å². The van der Waals surface area contributed by atoms with E-state index in [0.717, 1.165) is 6.07 Å². The van der Waals surface area contributed by atoms with Gasteiger partial charge in [0.1, 0.15) is 59.3 Å². The van der Waals surface area contributed by atoms with Crippen LogP contribution in [0, 0.1) is 0 Å². The summed E-state index contributed by atoms with van der Waals surface area (Å²) in [6.07, 6.45) is -9.23. The highest BCUT2D eigenvalue weighted by atomic mass is 16.7. The van der Waals surface area contributed by atoms with Crippen molar-refractivity contribution >= 4 is 11.0 Å². The monoisotopic (exact) mass is 454 g/mol. The van der Waals surface area contributed by atoms with E-state index in [4.69, 9.17) is 13.9 Å². The first-order valence-electron chi connectivity index (χ1n) is 9.82. The number of aromatic hydroxyl groups is 1. The minimum atomic E-state index is -1.74. The number of fused-ring (bicyclic) bond motifs is 1. The minimum absolute atomic E-state index is 0.0333. The molecule has 1 fully saturated rings. The molecule has 11 nitrogen and oxygen atoms in total. The van der Waals surface area contributed by atoms with Crippen LogP contribution in [0.4, 0.5) is 0 Å². The van der Waals surface area contributed by atoms with Gasteiger partial charge in [0.2, 0.25) is 6.29 Å². The molecule has 2 aromatic rings. The van der Waals surface area contributed by atoms with Gasteiger partial charge >= 0.3 is 0 Å². The van der Waals surface area contributed by atoms with Crippen molar-refractivity contribution in [3.05, 3.63) is 45.8 Å². The van der Waals surface area contributed by atoms with Gasteiger partial charge in [-0.1, -0.05) is 12.2 Å². The quantitative estimate of drug-likeness (QED) is 0.245. The molecule has 32 heavy (non-hydrogen) atoms. The summed E-state index contributed by atoms with van der Waals surface area (Å²) in [6, 6.07) is 2.22. The fourth-order valence-electron chi connectivity index (χ4n) is 3.41. The molecule has 2 heterocycles. The number of hydrogen-bond acceptors (Lipinski definition) is 11. The Labute approximate surface area is 182 Å². The summed E-state index contributed by atoms with van der Waals surface area (Å²) in [6.45, 7) is 3.95. The topological polar surface area (TPSA) is 190 Å². The Kier molecular flexibility index (Phi) is 7.20. The number of aliphatic hydroxyl groups excluding tert-OH is 6. The molecule has 0 saturated carbocycles. The lowest BCUT2D eigenvalue weighted by Gasteiger charge is -2.39. The SMILES string of the molecule is C=C(C)[C@H](O)Cc1c(O[C@@H]2O[C@H](CO)[C@@H](O)[C@H](O)[C@H]2O)cc2oc(CO)cc(=O)c2c1O. The summed E-state index contributed by atoms with van der Waals surface area (Å²) in [5, 5.41) is 69.8. The lowest BCUT2D eigenvalue weighted by atomic mass is 9.98. The van der Waals surface area contributed by atoms with Gasteiger partial charge in [-0.25, -0.2) is 0 Å². The van der Waals surface area contributed by atoms with Crippen LogP contribution in [-0.2, 0) is 17.8 Å². The van der Waals surface area contributed by atoms with Crippen LogP contribution in [0.3, 0.4) is 0 Å². The first-order chi connectivity index (χ1) is 15.1. The fraction of sp³-hybridized carbons (Fsp3) is 0.476. The Balaban J connectivity index is 2.12. The van der Waals surface area contributed by atoms with Gasteiger partial charge in [0.25, 0.3) is 0 Å². The minimum Gasteiger partial charge on any atom is -0.507 e. The highest BCUT2D eigenvalue weighted by Crippen LogP contribution is 2.38. The van der Waals surface area contributed by atoms with E-state index in [9.17, 15) is 40.5 Å². The molecule has 1 aliphatic rings. The molecule has 176 valence electrons. The highest BCUT2D eigenvalue weighted by molar-refractivity contribution is 5.87. The predicted octanol–water partition coefficient (Wildman–Crippen LogP) is -1.35. The van der Waals surface area contributed by atoms with Crippen molar-refractivity contribution in [1.82, 2.24) is 0 Å². The maximum Gasteiger partial charge on any atom is 0.229 e. The van der Waals surface area contributed by atoms with Crippen LogP contribution < -0.4 is 10.2 Å². The van der Waals surface area contributed by atoms with Crippen LogP contribution in [0.25, 0.3) is 11.0 Å². The van der Waals surface area contributed by atoms with Crippen molar-refractivity contribution < 1.29 is 49.6 Å². The van der Waals surface area contributed by atoms with E-state index >= 15 is 0 Å². The third-order valence-corrected chi connectivity index (χ3v) is 5.32. The molecule has 0 unspecified atom stereocenters. The zero-order chi connectivity index (χ0) is 23.7. The first-order valence-corrected chi connectivity index (χ1v) is 9.82. The normalized spacial score (nSPS) is 26.8. The fourth-order valence-corrected chi connectivity index (χ4v) is 3.41. The third kappa shape index (κ3) is 4.50. The molecule has 0 amide bonds. The van der Waals surface area contributed by atoms with E-state index in [1.165, 1.54) is 6.07 Å². The maximum absolute atomic E-state index is 12.5. The molecule has 1 aliphatic heterocycles. The Bertz CT molecular complexity index is 1040. The lowest BCUT2D eigenvalue weighted by molar-refractivity contribution is -0.277. The smallest absolute Gasteiger partial charge is 0.229 e. The van der Waals surface area contributed by atoms with Gasteiger partial charge in [-0.15, -0.1) is 0 Å². The largest absolute Gasteiger partial charge is 0.507 e. The average molecular weight is 454 g/mol. The Morgan fingerprint density at radius 1 is 1.19 bits per heavy atom. The Morgan fingerprint density at radius 3 is 2.47 bits per heavy atom. The van der Waals surface area contributed by atoms with Gasteiger partial charge in [-0.3, -0.25) is 4.79 Å². The van der Waals surface area contributed by atoms with Gasteiger partial charge < -0.3 is 49.6 Å². The van der Waals surface area contributed by atoms with Crippen molar-refractivity contribution in [3.63, 3.8) is 0 Å². The number of rotatable bonds is 7. The van der Waals surface area contributed by atoms with Crippen molar-refractivity contribution in [2.75, 3.05) is 6.61 Å². The van der Waals surface area contributed by atoms with E-state index in [2.05, 4.69) is 6.58 Å². The molecule has 0 spiro atoms. The molecule has 1 aromatic heterocycles. The Hall–Kier alpha value is -2.51.